The van der Waals surface area contributed by atoms with E-state index >= 15 is 0 Å². The Hall–Kier alpha value is -0.0500. The van der Waals surface area contributed by atoms with Gasteiger partial charge in [0.2, 0.25) is 0 Å². The Morgan fingerprint density at radius 3 is 2.40 bits per heavy atom. The highest BCUT2D eigenvalue weighted by atomic mass is 35.5. The van der Waals surface area contributed by atoms with E-state index in [1.54, 1.807) is 11.3 Å². The predicted molar refractivity (Wildman–Crippen MR) is 46.0 cm³/mol. The van der Waals surface area contributed by atoms with Gasteiger partial charge in [-0.2, -0.15) is 0 Å². The van der Waals surface area contributed by atoms with Gasteiger partial charge in [0.15, 0.2) is 0 Å². The molecule has 0 spiro atoms. The van der Waals surface area contributed by atoms with Crippen LogP contribution in [0.15, 0.2) is 6.07 Å². The highest BCUT2D eigenvalue weighted by Crippen LogP contribution is 2.32. The van der Waals surface area contributed by atoms with E-state index in [4.69, 9.17) is 11.6 Å². The number of hydrogen-bond acceptors (Lipinski definition) is 1. The lowest BCUT2D eigenvalue weighted by atomic mass is 10.1. The van der Waals surface area contributed by atoms with Crippen LogP contribution in [0, 0.1) is 0 Å². The Kier molecular flexibility index (Phi) is 2.34. The number of hydrogen-bond donors (Lipinski definition) is 1. The zero-order valence-corrected chi connectivity index (χ0v) is 7.72. The van der Waals surface area contributed by atoms with E-state index in [9.17, 15) is 0 Å². The lowest BCUT2D eigenvalue weighted by Crippen LogP contribution is -2.40. The molecule has 0 radical (unpaired) electrons. The topological polar surface area (TPSA) is 27.6 Å². The Balaban J connectivity index is 3.03. The zero-order valence-electron chi connectivity index (χ0n) is 6.15. The molecule has 3 heteroatoms. The summed E-state index contributed by atoms with van der Waals surface area (Å²) in [5, 5.41) is 0. The lowest BCUT2D eigenvalue weighted by molar-refractivity contribution is -0.255. The van der Waals surface area contributed by atoms with E-state index in [0.29, 0.717) is 5.92 Å². The van der Waals surface area contributed by atoms with E-state index in [1.807, 2.05) is 6.07 Å². The van der Waals surface area contributed by atoms with Gasteiger partial charge in [0.1, 0.15) is 5.69 Å². The molecule has 0 aliphatic carbocycles. The van der Waals surface area contributed by atoms with E-state index < -0.39 is 0 Å². The summed E-state index contributed by atoms with van der Waals surface area (Å²) in [6.45, 7) is 4.30. The molecule has 1 aromatic rings. The van der Waals surface area contributed by atoms with Gasteiger partial charge in [0.05, 0.1) is 9.21 Å². The van der Waals surface area contributed by atoms with Crippen LogP contribution in [0.1, 0.15) is 24.6 Å². The van der Waals surface area contributed by atoms with Crippen LogP contribution in [0.25, 0.3) is 0 Å². The van der Waals surface area contributed by atoms with Crippen molar-refractivity contribution in [1.29, 1.82) is 0 Å². The molecule has 0 aliphatic heterocycles. The van der Waals surface area contributed by atoms with Gasteiger partial charge in [-0.15, -0.1) is 11.3 Å². The molecule has 56 valence electrons. The van der Waals surface area contributed by atoms with Crippen LogP contribution >= 0.6 is 22.9 Å². The fraction of sp³-hybridized carbons (Fsp3) is 0.429. The summed E-state index contributed by atoms with van der Waals surface area (Å²) in [6.07, 6.45) is 0. The van der Waals surface area contributed by atoms with Crippen LogP contribution in [-0.2, 0) is 0 Å². The molecule has 1 rings (SSSR count). The molecule has 10 heavy (non-hydrogen) atoms. The maximum atomic E-state index is 5.79. The van der Waals surface area contributed by atoms with Crippen LogP contribution in [0.5, 0.6) is 0 Å². The largest absolute Gasteiger partial charge is 0.324 e. The average Bonchev–Trinajstić information content (AvgIpc) is 2.10. The minimum atomic E-state index is 0.546. The van der Waals surface area contributed by atoms with Gasteiger partial charge < -0.3 is 5.73 Å². The SMILES string of the molecule is CC(C)c1sc(Cl)cc1[NH3+]. The van der Waals surface area contributed by atoms with Crippen molar-refractivity contribution in [2.24, 2.45) is 0 Å². The first kappa shape index (κ1) is 8.05. The van der Waals surface area contributed by atoms with Crippen LogP contribution in [0.2, 0.25) is 4.34 Å². The van der Waals surface area contributed by atoms with Gasteiger partial charge in [-0.05, 0) is 5.92 Å². The van der Waals surface area contributed by atoms with E-state index in [2.05, 4.69) is 19.6 Å². The Morgan fingerprint density at radius 2 is 2.20 bits per heavy atom. The Bertz CT molecular complexity index is 230. The normalized spacial score (nSPS) is 10.9. The minimum Gasteiger partial charge on any atom is -0.324 e. The molecular formula is C7H11ClNS+. The predicted octanol–water partition coefficient (Wildman–Crippen LogP) is 2.40. The molecule has 1 aromatic heterocycles. The molecule has 0 unspecified atom stereocenters. The molecule has 1 nitrogen and oxygen atoms in total. The summed E-state index contributed by atoms with van der Waals surface area (Å²) in [6, 6.07) is 1.92. The van der Waals surface area contributed by atoms with Gasteiger partial charge in [0, 0.05) is 6.07 Å². The summed E-state index contributed by atoms with van der Waals surface area (Å²) in [4.78, 5) is 1.30. The van der Waals surface area contributed by atoms with Crippen LogP contribution in [-0.4, -0.2) is 0 Å². The second-order valence-corrected chi connectivity index (χ2v) is 4.31. The smallest absolute Gasteiger partial charge is 0.143 e. The molecule has 3 N–H and O–H groups in total. The third-order valence-corrected chi connectivity index (χ3v) is 2.94. The Labute approximate surface area is 69.8 Å². The standard InChI is InChI=1S/C7H10ClNS/c1-4(2)7-5(9)3-6(8)10-7/h3-4H,9H2,1-2H3/p+1. The molecule has 0 fully saturated rings. The fourth-order valence-corrected chi connectivity index (χ4v) is 2.11. The van der Waals surface area contributed by atoms with Gasteiger partial charge >= 0.3 is 0 Å². The first-order valence-corrected chi connectivity index (χ1v) is 4.42. The van der Waals surface area contributed by atoms with Crippen molar-refractivity contribution < 1.29 is 5.73 Å². The van der Waals surface area contributed by atoms with Gasteiger partial charge in [-0.3, -0.25) is 0 Å². The van der Waals surface area contributed by atoms with Crippen LogP contribution in [0.3, 0.4) is 0 Å². The molecule has 0 atom stereocenters. The third-order valence-electron chi connectivity index (χ3n) is 1.34. The van der Waals surface area contributed by atoms with Crippen molar-refractivity contribution in [1.82, 2.24) is 0 Å². The Morgan fingerprint density at radius 1 is 1.60 bits per heavy atom. The summed E-state index contributed by atoms with van der Waals surface area (Å²) in [5.41, 5.74) is 4.96. The average molecular weight is 177 g/mol. The first-order chi connectivity index (χ1) is 4.61. The highest BCUT2D eigenvalue weighted by molar-refractivity contribution is 7.16. The number of quaternary nitrogens is 1. The first-order valence-electron chi connectivity index (χ1n) is 3.22. The quantitative estimate of drug-likeness (QED) is 0.681. The molecule has 0 saturated carbocycles. The molecular weight excluding hydrogens is 166 g/mol. The van der Waals surface area contributed by atoms with Crippen molar-refractivity contribution in [3.8, 4) is 0 Å². The third kappa shape index (κ3) is 1.51. The van der Waals surface area contributed by atoms with E-state index in [0.717, 1.165) is 10.0 Å². The number of thiophene rings is 1. The molecule has 0 saturated heterocycles. The van der Waals surface area contributed by atoms with Crippen LogP contribution < -0.4 is 5.73 Å². The van der Waals surface area contributed by atoms with Crippen LogP contribution in [0.4, 0.5) is 5.69 Å². The van der Waals surface area contributed by atoms with Crippen molar-refractivity contribution in [2.45, 2.75) is 19.8 Å². The summed E-state index contributed by atoms with van der Waals surface area (Å²) in [5.74, 6) is 0.546. The highest BCUT2D eigenvalue weighted by Gasteiger charge is 2.10. The molecule has 0 bridgehead atoms. The second-order valence-electron chi connectivity index (χ2n) is 2.59. The van der Waals surface area contributed by atoms with Crippen molar-refractivity contribution in [3.05, 3.63) is 15.3 Å². The van der Waals surface area contributed by atoms with Gasteiger partial charge in [0.25, 0.3) is 0 Å². The lowest BCUT2D eigenvalue weighted by Gasteiger charge is -1.97. The summed E-state index contributed by atoms with van der Waals surface area (Å²) in [7, 11) is 0. The number of rotatable bonds is 1. The monoisotopic (exact) mass is 176 g/mol. The molecule has 0 aromatic carbocycles. The van der Waals surface area contributed by atoms with E-state index in [-0.39, 0.29) is 0 Å². The van der Waals surface area contributed by atoms with Crippen molar-refractivity contribution >= 4 is 28.6 Å². The fourth-order valence-electron chi connectivity index (χ4n) is 0.897. The summed E-state index contributed by atoms with van der Waals surface area (Å²) < 4.78 is 0.841. The van der Waals surface area contributed by atoms with Crippen molar-refractivity contribution in [3.63, 3.8) is 0 Å². The van der Waals surface area contributed by atoms with Crippen molar-refractivity contribution in [2.75, 3.05) is 0 Å². The minimum absolute atomic E-state index is 0.546. The molecule has 0 amide bonds. The van der Waals surface area contributed by atoms with Gasteiger partial charge in [-0.25, -0.2) is 0 Å². The zero-order chi connectivity index (χ0) is 7.72. The molecule has 0 aliphatic rings. The maximum absolute atomic E-state index is 5.79. The van der Waals surface area contributed by atoms with Gasteiger partial charge in [-0.1, -0.05) is 25.4 Å². The molecule has 1 heterocycles. The maximum Gasteiger partial charge on any atom is 0.143 e. The second kappa shape index (κ2) is 2.91. The summed E-state index contributed by atoms with van der Waals surface area (Å²) >= 11 is 7.41. The number of halogens is 1. The van der Waals surface area contributed by atoms with E-state index in [1.165, 1.54) is 4.88 Å².